The Morgan fingerprint density at radius 3 is 2.47 bits per heavy atom. The van der Waals surface area contributed by atoms with Gasteiger partial charge in [-0.1, -0.05) is 13.8 Å². The topological polar surface area (TPSA) is 54.5 Å². The molecule has 1 aliphatic heterocycles. The molecule has 1 aromatic heterocycles. The van der Waals surface area contributed by atoms with Gasteiger partial charge in [0.1, 0.15) is 5.82 Å². The van der Waals surface area contributed by atoms with Gasteiger partial charge in [-0.3, -0.25) is 9.78 Å². The van der Waals surface area contributed by atoms with Crippen molar-refractivity contribution < 1.29 is 27.1 Å². The largest absolute Gasteiger partial charge is 0.416 e. The molecule has 32 heavy (non-hydrogen) atoms. The number of aryl methyl sites for hydroxylation is 2. The summed E-state index contributed by atoms with van der Waals surface area (Å²) in [5.74, 6) is -1.03. The maximum atomic E-state index is 15.4. The van der Waals surface area contributed by atoms with Crippen LogP contribution < -0.4 is 10.2 Å². The van der Waals surface area contributed by atoms with Crippen molar-refractivity contribution in [2.75, 3.05) is 24.6 Å². The molecule has 5 nitrogen and oxygen atoms in total. The van der Waals surface area contributed by atoms with Gasteiger partial charge in [-0.2, -0.15) is 13.2 Å². The normalized spacial score (nSPS) is 17.0. The van der Waals surface area contributed by atoms with Gasteiger partial charge in [-0.25, -0.2) is 4.39 Å². The van der Waals surface area contributed by atoms with E-state index in [0.717, 1.165) is 0 Å². The van der Waals surface area contributed by atoms with Gasteiger partial charge < -0.3 is 15.0 Å². The number of amides is 1. The van der Waals surface area contributed by atoms with E-state index in [1.165, 1.54) is 11.0 Å². The Bertz CT molecular complexity index is 972. The fourth-order valence-electron chi connectivity index (χ4n) is 3.74. The molecule has 0 bridgehead atoms. The summed E-state index contributed by atoms with van der Waals surface area (Å²) in [6, 6.07) is 6.37. The number of anilines is 1. The lowest BCUT2D eigenvalue weighted by molar-refractivity contribution is -0.221. The Labute approximate surface area is 184 Å². The van der Waals surface area contributed by atoms with Crippen LogP contribution in [0.5, 0.6) is 0 Å². The van der Waals surface area contributed by atoms with Crippen molar-refractivity contribution >= 4 is 11.6 Å². The van der Waals surface area contributed by atoms with Gasteiger partial charge in [-0.15, -0.1) is 0 Å². The van der Waals surface area contributed by atoms with E-state index in [0.29, 0.717) is 33.8 Å². The van der Waals surface area contributed by atoms with Crippen molar-refractivity contribution in [3.05, 3.63) is 47.0 Å². The maximum absolute atomic E-state index is 15.4. The first-order chi connectivity index (χ1) is 15.0. The van der Waals surface area contributed by atoms with E-state index in [1.54, 1.807) is 45.9 Å². The van der Waals surface area contributed by atoms with Crippen molar-refractivity contribution in [1.82, 2.24) is 10.3 Å². The van der Waals surface area contributed by atoms with Crippen molar-refractivity contribution in [2.45, 2.75) is 46.5 Å². The average molecular weight is 453 g/mol. The molecule has 3 rings (SSSR count). The lowest BCUT2D eigenvalue weighted by Crippen LogP contribution is -2.49. The number of pyridine rings is 1. The smallest absolute Gasteiger partial charge is 0.366 e. The number of nitrogens with zero attached hydrogens (tertiary/aromatic N) is 2. The van der Waals surface area contributed by atoms with Gasteiger partial charge >= 0.3 is 6.18 Å². The molecule has 0 unspecified atom stereocenters. The predicted molar refractivity (Wildman–Crippen MR) is 114 cm³/mol. The van der Waals surface area contributed by atoms with Crippen LogP contribution in [0.4, 0.5) is 23.2 Å². The number of hydrogen-bond donors (Lipinski definition) is 1. The fourth-order valence-corrected chi connectivity index (χ4v) is 3.74. The molecule has 1 aliphatic rings. The van der Waals surface area contributed by atoms with Crippen molar-refractivity contribution in [3.63, 3.8) is 0 Å². The molecule has 2 heterocycles. The van der Waals surface area contributed by atoms with E-state index >= 15 is 4.39 Å². The molecule has 9 heteroatoms. The summed E-state index contributed by atoms with van der Waals surface area (Å²) in [6.45, 7) is 6.80. The molecule has 1 amide bonds. The van der Waals surface area contributed by atoms with Crippen LogP contribution in [0.2, 0.25) is 0 Å². The van der Waals surface area contributed by atoms with E-state index < -0.39 is 24.6 Å². The summed E-state index contributed by atoms with van der Waals surface area (Å²) in [5.41, 5.74) is 3.12. The summed E-state index contributed by atoms with van der Waals surface area (Å²) in [6.07, 6.45) is -6.44. The Balaban J connectivity index is 2.03. The summed E-state index contributed by atoms with van der Waals surface area (Å²) in [5, 5.41) is 2.78. The number of rotatable bonds is 5. The first-order valence-corrected chi connectivity index (χ1v) is 10.4. The van der Waals surface area contributed by atoms with E-state index in [2.05, 4.69) is 10.3 Å². The van der Waals surface area contributed by atoms with Crippen LogP contribution in [0, 0.1) is 25.6 Å². The van der Waals surface area contributed by atoms with Gasteiger partial charge in [0.2, 0.25) is 5.91 Å². The standard InChI is InChI=1S/C23H27F4N3O2/c1-13(2)22(31)28-11-17-9-18(30-5-6-32-20(12-30)23(25,26)27)10-19(24)21(17)16-7-14(3)29-15(4)8-16/h7-10,13,20H,5-6,11-12H2,1-4H3,(H,28,31)/t20-/m1/s1. The highest BCUT2D eigenvalue weighted by molar-refractivity contribution is 5.79. The molecule has 2 aromatic rings. The lowest BCUT2D eigenvalue weighted by atomic mass is 9.97. The van der Waals surface area contributed by atoms with Crippen molar-refractivity contribution in [3.8, 4) is 11.1 Å². The minimum absolute atomic E-state index is 0.0462. The molecular formula is C23H27F4N3O2. The molecular weight excluding hydrogens is 426 g/mol. The van der Waals surface area contributed by atoms with Crippen LogP contribution >= 0.6 is 0 Å². The van der Waals surface area contributed by atoms with Crippen LogP contribution in [0.25, 0.3) is 11.1 Å². The summed E-state index contributed by atoms with van der Waals surface area (Å²) < 4.78 is 59.7. The molecule has 1 N–H and O–H groups in total. The molecule has 0 saturated carbocycles. The second-order valence-corrected chi connectivity index (χ2v) is 8.32. The minimum atomic E-state index is -4.50. The van der Waals surface area contributed by atoms with E-state index in [-0.39, 0.29) is 31.5 Å². The average Bonchev–Trinajstić information content (AvgIpc) is 2.70. The molecule has 0 aliphatic carbocycles. The third-order valence-corrected chi connectivity index (χ3v) is 5.30. The second kappa shape index (κ2) is 9.44. The Hall–Kier alpha value is -2.68. The third kappa shape index (κ3) is 5.56. The number of carbonyl (C=O) groups excluding carboxylic acids is 1. The van der Waals surface area contributed by atoms with Crippen molar-refractivity contribution in [1.29, 1.82) is 0 Å². The number of ether oxygens (including phenoxy) is 1. The number of nitrogens with one attached hydrogen (secondary N) is 1. The fraction of sp³-hybridized carbons (Fsp3) is 0.478. The Morgan fingerprint density at radius 2 is 1.88 bits per heavy atom. The number of aromatic nitrogens is 1. The van der Waals surface area contributed by atoms with E-state index in [1.807, 2.05) is 0 Å². The minimum Gasteiger partial charge on any atom is -0.366 e. The number of halogens is 4. The second-order valence-electron chi connectivity index (χ2n) is 8.32. The molecule has 1 aromatic carbocycles. The van der Waals surface area contributed by atoms with E-state index in [4.69, 9.17) is 4.74 Å². The van der Waals surface area contributed by atoms with Crippen LogP contribution in [-0.2, 0) is 16.1 Å². The summed E-state index contributed by atoms with van der Waals surface area (Å²) in [4.78, 5) is 17.9. The first kappa shape index (κ1) is 24.0. The molecule has 0 radical (unpaired) electrons. The molecule has 1 atom stereocenters. The molecule has 1 saturated heterocycles. The van der Waals surface area contributed by atoms with Crippen LogP contribution in [-0.4, -0.2) is 42.9 Å². The molecule has 0 spiro atoms. The molecule has 1 fully saturated rings. The van der Waals surface area contributed by atoms with Gasteiger partial charge in [-0.05, 0) is 49.2 Å². The number of alkyl halides is 3. The monoisotopic (exact) mass is 453 g/mol. The number of hydrogen-bond acceptors (Lipinski definition) is 4. The van der Waals surface area contributed by atoms with Crippen LogP contribution in [0.15, 0.2) is 24.3 Å². The number of carbonyl (C=O) groups is 1. The maximum Gasteiger partial charge on any atom is 0.416 e. The Kier molecular flexibility index (Phi) is 7.07. The summed E-state index contributed by atoms with van der Waals surface area (Å²) >= 11 is 0. The highest BCUT2D eigenvalue weighted by Gasteiger charge is 2.43. The summed E-state index contributed by atoms with van der Waals surface area (Å²) in [7, 11) is 0. The quantitative estimate of drug-likeness (QED) is 0.676. The number of morpholine rings is 1. The SMILES string of the molecule is Cc1cc(-c2c(F)cc(N3CCO[C@@H](C(F)(F)F)C3)cc2CNC(=O)C(C)C)cc(C)n1. The zero-order valence-electron chi connectivity index (χ0n) is 18.5. The Morgan fingerprint density at radius 1 is 1.22 bits per heavy atom. The number of benzene rings is 1. The van der Waals surface area contributed by atoms with E-state index in [9.17, 15) is 18.0 Å². The molecule has 174 valence electrons. The first-order valence-electron chi connectivity index (χ1n) is 10.4. The highest BCUT2D eigenvalue weighted by atomic mass is 19.4. The lowest BCUT2D eigenvalue weighted by Gasteiger charge is -2.35. The zero-order valence-corrected chi connectivity index (χ0v) is 18.5. The van der Waals surface area contributed by atoms with Crippen LogP contribution in [0.1, 0.15) is 30.8 Å². The predicted octanol–water partition coefficient (Wildman–Crippen LogP) is 4.54. The third-order valence-electron chi connectivity index (χ3n) is 5.30. The van der Waals surface area contributed by atoms with Gasteiger partial charge in [0, 0.05) is 41.6 Å². The van der Waals surface area contributed by atoms with Crippen molar-refractivity contribution in [2.24, 2.45) is 5.92 Å². The zero-order chi connectivity index (χ0) is 23.6. The van der Waals surface area contributed by atoms with Gasteiger partial charge in [0.25, 0.3) is 0 Å². The highest BCUT2D eigenvalue weighted by Crippen LogP contribution is 2.34. The van der Waals surface area contributed by atoms with Gasteiger partial charge in [0.15, 0.2) is 6.10 Å². The van der Waals surface area contributed by atoms with Gasteiger partial charge in [0.05, 0.1) is 13.2 Å². The van der Waals surface area contributed by atoms with Crippen LogP contribution in [0.3, 0.4) is 0 Å².